The highest BCUT2D eigenvalue weighted by Gasteiger charge is 2.50. The third-order valence-electron chi connectivity index (χ3n) is 4.05. The number of halogens is 1. The van der Waals surface area contributed by atoms with E-state index in [0.29, 0.717) is 5.41 Å². The predicted molar refractivity (Wildman–Crippen MR) is 58.3 cm³/mol. The Hall–Kier alpha value is -0.890. The number of rotatable bonds is 2. The van der Waals surface area contributed by atoms with Crippen molar-refractivity contribution in [2.75, 3.05) is 13.1 Å². The van der Waals surface area contributed by atoms with Crippen molar-refractivity contribution in [2.24, 2.45) is 5.92 Å². The quantitative estimate of drug-likeness (QED) is 0.782. The topological polar surface area (TPSA) is 12.0 Å². The number of nitrogens with one attached hydrogen (secondary N) is 1. The molecule has 1 saturated heterocycles. The molecule has 1 atom stereocenters. The average Bonchev–Trinajstić information content (AvgIpc) is 2.88. The molecule has 1 aromatic rings. The van der Waals surface area contributed by atoms with Gasteiger partial charge in [0.1, 0.15) is 5.82 Å². The van der Waals surface area contributed by atoms with Gasteiger partial charge in [0.05, 0.1) is 0 Å². The van der Waals surface area contributed by atoms with E-state index in [4.69, 9.17) is 0 Å². The van der Waals surface area contributed by atoms with Gasteiger partial charge in [0.2, 0.25) is 0 Å². The van der Waals surface area contributed by atoms with Crippen LogP contribution in [0.5, 0.6) is 0 Å². The minimum Gasteiger partial charge on any atom is -0.316 e. The second kappa shape index (κ2) is 3.31. The molecule has 0 amide bonds. The largest absolute Gasteiger partial charge is 0.316 e. The summed E-state index contributed by atoms with van der Waals surface area (Å²) < 4.78 is 12.9. The second-order valence-corrected chi connectivity index (χ2v) is 4.85. The highest BCUT2D eigenvalue weighted by atomic mass is 19.1. The van der Waals surface area contributed by atoms with E-state index in [0.717, 1.165) is 19.0 Å². The van der Waals surface area contributed by atoms with Gasteiger partial charge < -0.3 is 5.32 Å². The smallest absolute Gasteiger partial charge is 0.123 e. The Balaban J connectivity index is 1.89. The van der Waals surface area contributed by atoms with Crippen molar-refractivity contribution in [3.05, 3.63) is 35.6 Å². The van der Waals surface area contributed by atoms with Gasteiger partial charge in [0.25, 0.3) is 0 Å². The van der Waals surface area contributed by atoms with Crippen molar-refractivity contribution in [3.8, 4) is 0 Å². The maximum Gasteiger partial charge on any atom is 0.123 e. The molecule has 3 rings (SSSR count). The van der Waals surface area contributed by atoms with E-state index in [1.165, 1.54) is 24.8 Å². The van der Waals surface area contributed by atoms with Gasteiger partial charge in [-0.25, -0.2) is 4.39 Å². The summed E-state index contributed by atoms with van der Waals surface area (Å²) in [5, 5.41) is 3.43. The van der Waals surface area contributed by atoms with E-state index in [9.17, 15) is 4.39 Å². The third kappa shape index (κ3) is 1.48. The molecular weight excluding hydrogens is 189 g/mol. The fraction of sp³-hybridized carbons (Fsp3) is 0.538. The Bertz CT molecular complexity index is 347. The molecular formula is C13H16FN. The van der Waals surface area contributed by atoms with Crippen molar-refractivity contribution in [2.45, 2.75) is 24.7 Å². The molecule has 1 aliphatic heterocycles. The van der Waals surface area contributed by atoms with E-state index in [2.05, 4.69) is 5.32 Å². The SMILES string of the molecule is Fc1ccc(C2(C3CCNC3)CC2)cc1. The lowest BCUT2D eigenvalue weighted by Crippen LogP contribution is -2.22. The van der Waals surface area contributed by atoms with Gasteiger partial charge in [0, 0.05) is 0 Å². The zero-order valence-corrected chi connectivity index (χ0v) is 8.80. The van der Waals surface area contributed by atoms with E-state index >= 15 is 0 Å². The Morgan fingerprint density at radius 3 is 2.47 bits per heavy atom. The first-order valence-corrected chi connectivity index (χ1v) is 5.78. The van der Waals surface area contributed by atoms with Crippen LogP contribution in [0, 0.1) is 11.7 Å². The fourth-order valence-corrected chi connectivity index (χ4v) is 2.98. The molecule has 0 aromatic heterocycles. The average molecular weight is 205 g/mol. The van der Waals surface area contributed by atoms with Crippen LogP contribution in [0.2, 0.25) is 0 Å². The van der Waals surface area contributed by atoms with E-state index < -0.39 is 0 Å². The Labute approximate surface area is 89.7 Å². The van der Waals surface area contributed by atoms with Gasteiger partial charge in [-0.05, 0) is 61.4 Å². The van der Waals surface area contributed by atoms with Gasteiger partial charge in [-0.3, -0.25) is 0 Å². The lowest BCUT2D eigenvalue weighted by Gasteiger charge is -2.22. The normalized spacial score (nSPS) is 27.9. The molecule has 1 nitrogen and oxygen atoms in total. The predicted octanol–water partition coefficient (Wildman–Crippen LogP) is 2.47. The van der Waals surface area contributed by atoms with Crippen LogP contribution in [0.15, 0.2) is 24.3 Å². The summed E-state index contributed by atoms with van der Waals surface area (Å²) in [5.41, 5.74) is 1.73. The maximum absolute atomic E-state index is 12.9. The second-order valence-electron chi connectivity index (χ2n) is 4.85. The van der Waals surface area contributed by atoms with E-state index in [-0.39, 0.29) is 5.82 Å². The summed E-state index contributed by atoms with van der Waals surface area (Å²) in [5.74, 6) is 0.641. The minimum absolute atomic E-state index is 0.126. The molecule has 15 heavy (non-hydrogen) atoms. The van der Waals surface area contributed by atoms with Gasteiger partial charge in [-0.2, -0.15) is 0 Å². The molecule has 0 spiro atoms. The highest BCUT2D eigenvalue weighted by molar-refractivity contribution is 5.33. The van der Waals surface area contributed by atoms with E-state index in [1.807, 2.05) is 12.1 Å². The summed E-state index contributed by atoms with van der Waals surface area (Å²) in [4.78, 5) is 0. The molecule has 0 bridgehead atoms. The number of hydrogen-bond acceptors (Lipinski definition) is 1. The van der Waals surface area contributed by atoms with Crippen LogP contribution in [0.25, 0.3) is 0 Å². The van der Waals surface area contributed by atoms with Crippen LogP contribution in [-0.2, 0) is 5.41 Å². The lowest BCUT2D eigenvalue weighted by molar-refractivity contribution is 0.439. The number of benzene rings is 1. The minimum atomic E-state index is -0.126. The standard InChI is InChI=1S/C13H16FN/c14-12-3-1-10(2-4-12)13(6-7-13)11-5-8-15-9-11/h1-4,11,15H,5-9H2. The molecule has 80 valence electrons. The molecule has 1 unspecified atom stereocenters. The summed E-state index contributed by atoms with van der Waals surface area (Å²) in [7, 11) is 0. The van der Waals surface area contributed by atoms with Gasteiger partial charge in [0.15, 0.2) is 0 Å². The van der Waals surface area contributed by atoms with Crippen molar-refractivity contribution in [1.29, 1.82) is 0 Å². The maximum atomic E-state index is 12.9. The fourth-order valence-electron chi connectivity index (χ4n) is 2.98. The van der Waals surface area contributed by atoms with Crippen LogP contribution in [0.3, 0.4) is 0 Å². The molecule has 1 aliphatic carbocycles. The first kappa shape index (κ1) is 9.34. The van der Waals surface area contributed by atoms with Gasteiger partial charge in [-0.15, -0.1) is 0 Å². The Morgan fingerprint density at radius 1 is 1.20 bits per heavy atom. The molecule has 1 heterocycles. The Kier molecular flexibility index (Phi) is 2.06. The molecule has 0 radical (unpaired) electrons. The van der Waals surface area contributed by atoms with Crippen LogP contribution < -0.4 is 5.32 Å². The van der Waals surface area contributed by atoms with Crippen molar-refractivity contribution < 1.29 is 4.39 Å². The monoisotopic (exact) mass is 205 g/mol. The summed E-state index contributed by atoms with van der Waals surface area (Å²) in [6.45, 7) is 2.28. The molecule has 2 fully saturated rings. The van der Waals surface area contributed by atoms with Crippen molar-refractivity contribution >= 4 is 0 Å². The number of hydrogen-bond donors (Lipinski definition) is 1. The molecule has 1 saturated carbocycles. The van der Waals surface area contributed by atoms with Crippen LogP contribution in [-0.4, -0.2) is 13.1 Å². The molecule has 1 aromatic carbocycles. The summed E-state index contributed by atoms with van der Waals surface area (Å²) in [6.07, 6.45) is 3.84. The Morgan fingerprint density at radius 2 is 1.93 bits per heavy atom. The van der Waals surface area contributed by atoms with Crippen LogP contribution in [0.4, 0.5) is 4.39 Å². The van der Waals surface area contributed by atoms with Crippen LogP contribution >= 0.6 is 0 Å². The molecule has 1 N–H and O–H groups in total. The summed E-state index contributed by atoms with van der Waals surface area (Å²) >= 11 is 0. The zero-order chi connectivity index (χ0) is 10.3. The molecule has 2 heteroatoms. The van der Waals surface area contributed by atoms with Crippen molar-refractivity contribution in [1.82, 2.24) is 5.32 Å². The third-order valence-corrected chi connectivity index (χ3v) is 4.05. The first-order valence-electron chi connectivity index (χ1n) is 5.78. The highest BCUT2D eigenvalue weighted by Crippen LogP contribution is 2.55. The van der Waals surface area contributed by atoms with Gasteiger partial charge >= 0.3 is 0 Å². The van der Waals surface area contributed by atoms with Crippen molar-refractivity contribution in [3.63, 3.8) is 0 Å². The lowest BCUT2D eigenvalue weighted by atomic mass is 9.82. The van der Waals surface area contributed by atoms with Crippen LogP contribution in [0.1, 0.15) is 24.8 Å². The summed E-state index contributed by atoms with van der Waals surface area (Å²) in [6, 6.07) is 7.14. The van der Waals surface area contributed by atoms with Gasteiger partial charge in [-0.1, -0.05) is 12.1 Å². The first-order chi connectivity index (χ1) is 7.31. The van der Waals surface area contributed by atoms with E-state index in [1.54, 1.807) is 12.1 Å². The molecule has 2 aliphatic rings. The zero-order valence-electron chi connectivity index (χ0n) is 8.80.